The van der Waals surface area contributed by atoms with Crippen molar-refractivity contribution in [1.82, 2.24) is 0 Å². The third kappa shape index (κ3) is 3.10. The molecular formula is C13H14O2S. The van der Waals surface area contributed by atoms with E-state index in [1.807, 2.05) is 42.5 Å². The lowest BCUT2D eigenvalue weighted by Crippen LogP contribution is -1.77. The number of hydrogen-bond acceptors (Lipinski definition) is 3. The summed E-state index contributed by atoms with van der Waals surface area (Å²) in [6, 6.07) is 17.9. The van der Waals surface area contributed by atoms with Gasteiger partial charge in [-0.25, -0.2) is 5.26 Å². The quantitative estimate of drug-likeness (QED) is 0.482. The van der Waals surface area contributed by atoms with Gasteiger partial charge >= 0.3 is 0 Å². The van der Waals surface area contributed by atoms with E-state index in [1.54, 1.807) is 0 Å². The summed E-state index contributed by atoms with van der Waals surface area (Å²) in [5.74, 6) is 0. The van der Waals surface area contributed by atoms with Crippen LogP contribution in [-0.4, -0.2) is 5.26 Å². The Balaban J connectivity index is 0.00000128. The molecule has 0 spiro atoms. The summed E-state index contributed by atoms with van der Waals surface area (Å²) in [6.45, 7) is 0. The van der Waals surface area contributed by atoms with Crippen molar-refractivity contribution in [3.63, 3.8) is 0 Å². The maximum Gasteiger partial charge on any atom is 0.0679 e. The summed E-state index contributed by atoms with van der Waals surface area (Å²) >= 11 is 0.935. The van der Waals surface area contributed by atoms with Crippen LogP contribution in [0.25, 0.3) is 11.1 Å². The van der Waals surface area contributed by atoms with Crippen LogP contribution < -0.4 is 0 Å². The fourth-order valence-electron chi connectivity index (χ4n) is 1.38. The van der Waals surface area contributed by atoms with Gasteiger partial charge in [0.15, 0.2) is 0 Å². The highest BCUT2D eigenvalue weighted by atomic mass is 32.2. The van der Waals surface area contributed by atoms with Crippen molar-refractivity contribution in [2.45, 2.75) is 12.3 Å². The van der Waals surface area contributed by atoms with Crippen LogP contribution in [0.3, 0.4) is 0 Å². The van der Waals surface area contributed by atoms with E-state index < -0.39 is 0 Å². The van der Waals surface area contributed by atoms with E-state index in [0.29, 0.717) is 0 Å². The van der Waals surface area contributed by atoms with E-state index in [-0.39, 0.29) is 7.43 Å². The zero-order valence-corrected chi connectivity index (χ0v) is 8.78. The van der Waals surface area contributed by atoms with Crippen molar-refractivity contribution in [2.24, 2.45) is 0 Å². The molecule has 0 amide bonds. The van der Waals surface area contributed by atoms with E-state index >= 15 is 0 Å². The maximum absolute atomic E-state index is 8.27. The van der Waals surface area contributed by atoms with Crippen molar-refractivity contribution in [2.75, 3.05) is 0 Å². The highest BCUT2D eigenvalue weighted by molar-refractivity contribution is 7.94. The average molecular weight is 234 g/mol. The van der Waals surface area contributed by atoms with E-state index in [0.717, 1.165) is 22.5 Å². The molecule has 0 aliphatic heterocycles. The van der Waals surface area contributed by atoms with Gasteiger partial charge in [-0.05, 0) is 23.3 Å². The fraction of sp³-hybridized carbons (Fsp3) is 0.0769. The van der Waals surface area contributed by atoms with Gasteiger partial charge < -0.3 is 0 Å². The Hall–Kier alpha value is -1.29. The molecule has 0 unspecified atom stereocenters. The first-order chi connectivity index (χ1) is 7.40. The van der Waals surface area contributed by atoms with Crippen LogP contribution >= 0.6 is 12.0 Å². The molecule has 16 heavy (non-hydrogen) atoms. The van der Waals surface area contributed by atoms with E-state index in [2.05, 4.69) is 16.5 Å². The van der Waals surface area contributed by atoms with Gasteiger partial charge in [0.05, 0.1) is 12.0 Å². The van der Waals surface area contributed by atoms with E-state index in [1.165, 1.54) is 5.56 Å². The Morgan fingerprint density at radius 1 is 0.812 bits per heavy atom. The molecular weight excluding hydrogens is 220 g/mol. The molecule has 0 saturated heterocycles. The van der Waals surface area contributed by atoms with E-state index in [4.69, 9.17) is 5.26 Å². The van der Waals surface area contributed by atoms with Crippen molar-refractivity contribution in [1.29, 1.82) is 0 Å². The molecule has 0 atom stereocenters. The summed E-state index contributed by atoms with van der Waals surface area (Å²) in [4.78, 5) is 0.872. The first-order valence-electron chi connectivity index (χ1n) is 4.54. The normalized spacial score (nSPS) is 9.56. The van der Waals surface area contributed by atoms with Gasteiger partial charge in [-0.1, -0.05) is 49.9 Å². The van der Waals surface area contributed by atoms with Crippen LogP contribution in [0.5, 0.6) is 0 Å². The molecule has 0 heterocycles. The molecule has 84 valence electrons. The van der Waals surface area contributed by atoms with Crippen molar-refractivity contribution >= 4 is 12.0 Å². The Morgan fingerprint density at radius 2 is 1.38 bits per heavy atom. The van der Waals surface area contributed by atoms with Gasteiger partial charge in [0.25, 0.3) is 0 Å². The monoisotopic (exact) mass is 234 g/mol. The Bertz CT molecular complexity index is 412. The molecule has 0 aromatic heterocycles. The maximum atomic E-state index is 8.27. The highest BCUT2D eigenvalue weighted by Gasteiger charge is 1.97. The molecule has 2 nitrogen and oxygen atoms in total. The smallest absolute Gasteiger partial charge is 0.0679 e. The molecule has 2 rings (SSSR count). The van der Waals surface area contributed by atoms with Crippen molar-refractivity contribution in [3.8, 4) is 11.1 Å². The molecule has 0 radical (unpaired) electrons. The summed E-state index contributed by atoms with van der Waals surface area (Å²) in [5.41, 5.74) is 2.33. The summed E-state index contributed by atoms with van der Waals surface area (Å²) in [7, 11) is 0. The molecule has 0 fully saturated rings. The predicted molar refractivity (Wildman–Crippen MR) is 68.2 cm³/mol. The largest absolute Gasteiger partial charge is 0.239 e. The van der Waals surface area contributed by atoms with Gasteiger partial charge in [-0.15, -0.1) is 0 Å². The zero-order valence-electron chi connectivity index (χ0n) is 7.96. The summed E-state index contributed by atoms with van der Waals surface area (Å²) < 4.78 is 3.99. The topological polar surface area (TPSA) is 29.5 Å². The lowest BCUT2D eigenvalue weighted by molar-refractivity contribution is -0.116. The van der Waals surface area contributed by atoms with E-state index in [9.17, 15) is 0 Å². The molecule has 2 aromatic rings. The summed E-state index contributed by atoms with van der Waals surface area (Å²) in [6.07, 6.45) is 0. The number of benzene rings is 2. The molecule has 3 heteroatoms. The second-order valence-electron chi connectivity index (χ2n) is 3.05. The highest BCUT2D eigenvalue weighted by Crippen LogP contribution is 2.23. The fourth-order valence-corrected chi connectivity index (χ4v) is 1.71. The predicted octanol–water partition coefficient (Wildman–Crippen LogP) is 4.49. The van der Waals surface area contributed by atoms with Crippen LogP contribution in [0.4, 0.5) is 0 Å². The van der Waals surface area contributed by atoms with Gasteiger partial charge in [0, 0.05) is 4.90 Å². The van der Waals surface area contributed by atoms with Crippen LogP contribution in [0.2, 0.25) is 0 Å². The minimum absolute atomic E-state index is 0. The average Bonchev–Trinajstić information content (AvgIpc) is 2.32. The van der Waals surface area contributed by atoms with Crippen molar-refractivity contribution < 1.29 is 9.59 Å². The third-order valence-electron chi connectivity index (χ3n) is 2.09. The van der Waals surface area contributed by atoms with Crippen LogP contribution in [0.1, 0.15) is 7.43 Å². The van der Waals surface area contributed by atoms with Gasteiger partial charge in [-0.3, -0.25) is 0 Å². The van der Waals surface area contributed by atoms with Gasteiger partial charge in [0.1, 0.15) is 0 Å². The van der Waals surface area contributed by atoms with Crippen LogP contribution in [0, 0.1) is 0 Å². The minimum Gasteiger partial charge on any atom is -0.239 e. The lowest BCUT2D eigenvalue weighted by atomic mass is 10.1. The van der Waals surface area contributed by atoms with Crippen LogP contribution in [-0.2, 0) is 4.33 Å². The van der Waals surface area contributed by atoms with Crippen LogP contribution in [0.15, 0.2) is 59.5 Å². The minimum atomic E-state index is 0. The second kappa shape index (κ2) is 6.33. The SMILES string of the molecule is C.OOSc1ccc(-c2ccccc2)cc1. The third-order valence-corrected chi connectivity index (χ3v) is 2.63. The Labute approximate surface area is 100 Å². The zero-order chi connectivity index (χ0) is 10.5. The summed E-state index contributed by atoms with van der Waals surface area (Å²) in [5, 5.41) is 8.27. The number of rotatable bonds is 3. The first kappa shape index (κ1) is 12.8. The first-order valence-corrected chi connectivity index (χ1v) is 5.28. The standard InChI is InChI=1S/C12H10O2S.CH4/c13-14-15-12-8-6-11(7-9-12)10-4-2-1-3-5-10;/h1-9,13H;1H4. The number of hydrogen-bond donors (Lipinski definition) is 1. The Kier molecular flexibility index (Phi) is 5.05. The molecule has 0 bridgehead atoms. The lowest BCUT2D eigenvalue weighted by Gasteiger charge is -2.02. The Morgan fingerprint density at radius 3 is 1.94 bits per heavy atom. The second-order valence-corrected chi connectivity index (χ2v) is 3.84. The molecule has 2 aromatic carbocycles. The van der Waals surface area contributed by atoms with Crippen molar-refractivity contribution in [3.05, 3.63) is 54.6 Å². The molecule has 0 saturated carbocycles. The molecule has 0 aliphatic carbocycles. The molecule has 1 N–H and O–H groups in total. The van der Waals surface area contributed by atoms with Gasteiger partial charge in [0.2, 0.25) is 0 Å². The molecule has 0 aliphatic rings. The van der Waals surface area contributed by atoms with Gasteiger partial charge in [-0.2, -0.15) is 4.33 Å².